The van der Waals surface area contributed by atoms with Crippen LogP contribution < -0.4 is 5.32 Å². The number of carboxylic acids is 1. The number of aliphatic hydroxyl groups excluding tert-OH is 1. The molecule has 0 bridgehead atoms. The van der Waals surface area contributed by atoms with E-state index in [4.69, 9.17) is 5.11 Å². The Morgan fingerprint density at radius 2 is 2.06 bits per heavy atom. The van der Waals surface area contributed by atoms with Gasteiger partial charge in [0.15, 0.2) is 0 Å². The molecule has 0 spiro atoms. The van der Waals surface area contributed by atoms with Crippen LogP contribution in [0.25, 0.3) is 0 Å². The van der Waals surface area contributed by atoms with Crippen molar-refractivity contribution in [1.82, 2.24) is 10.2 Å². The quantitative estimate of drug-likeness (QED) is 0.682. The van der Waals surface area contributed by atoms with Gasteiger partial charge < -0.3 is 20.4 Å². The zero-order valence-corrected chi connectivity index (χ0v) is 10.5. The van der Waals surface area contributed by atoms with Gasteiger partial charge in [-0.2, -0.15) is 0 Å². The molecule has 2 aliphatic rings. The first kappa shape index (κ1) is 13.1. The summed E-state index contributed by atoms with van der Waals surface area (Å²) < 4.78 is 0. The molecule has 102 valence electrons. The lowest BCUT2D eigenvalue weighted by molar-refractivity contribution is -0.141. The summed E-state index contributed by atoms with van der Waals surface area (Å²) in [6.45, 7) is 2.05. The van der Waals surface area contributed by atoms with Gasteiger partial charge in [0, 0.05) is 19.0 Å². The largest absolute Gasteiger partial charge is 0.480 e. The molecule has 0 aromatic carbocycles. The standard InChI is InChI=1S/C12H20N2O4/c1-7(8-3-2-4-8)13-12(18)14-6-9(15)5-10(14)11(16)17/h7-10,15H,2-6H2,1H3,(H,13,18)(H,16,17)/t7?,9-,10-/m0/s1. The van der Waals surface area contributed by atoms with E-state index in [9.17, 15) is 14.7 Å². The molecule has 3 atom stereocenters. The number of carboxylic acid groups (broad SMARTS) is 1. The Labute approximate surface area is 106 Å². The third kappa shape index (κ3) is 2.58. The van der Waals surface area contributed by atoms with Crippen molar-refractivity contribution in [2.24, 2.45) is 5.92 Å². The predicted molar refractivity (Wildman–Crippen MR) is 64.1 cm³/mol. The first-order valence-electron chi connectivity index (χ1n) is 6.47. The van der Waals surface area contributed by atoms with E-state index in [2.05, 4.69) is 5.32 Å². The number of carbonyl (C=O) groups is 2. The second kappa shape index (κ2) is 5.14. The van der Waals surface area contributed by atoms with E-state index in [1.54, 1.807) is 0 Å². The van der Waals surface area contributed by atoms with Crippen LogP contribution in [0.15, 0.2) is 0 Å². The van der Waals surface area contributed by atoms with Gasteiger partial charge in [0.2, 0.25) is 0 Å². The molecule has 1 heterocycles. The predicted octanol–water partition coefficient (Wildman–Crippen LogP) is 0.404. The van der Waals surface area contributed by atoms with Gasteiger partial charge in [-0.25, -0.2) is 9.59 Å². The van der Waals surface area contributed by atoms with Crippen molar-refractivity contribution in [3.05, 3.63) is 0 Å². The van der Waals surface area contributed by atoms with Gasteiger partial charge >= 0.3 is 12.0 Å². The Kier molecular flexibility index (Phi) is 3.75. The summed E-state index contributed by atoms with van der Waals surface area (Å²) in [5, 5.41) is 21.3. The maximum Gasteiger partial charge on any atom is 0.326 e. The van der Waals surface area contributed by atoms with Crippen LogP contribution in [0.2, 0.25) is 0 Å². The molecule has 1 aliphatic carbocycles. The molecular weight excluding hydrogens is 236 g/mol. The summed E-state index contributed by atoms with van der Waals surface area (Å²) in [6.07, 6.45) is 2.81. The number of aliphatic hydroxyl groups is 1. The van der Waals surface area contributed by atoms with Crippen molar-refractivity contribution in [3.8, 4) is 0 Å². The summed E-state index contributed by atoms with van der Waals surface area (Å²) >= 11 is 0. The molecule has 0 aromatic rings. The molecule has 0 radical (unpaired) electrons. The topological polar surface area (TPSA) is 89.9 Å². The number of urea groups is 1. The number of nitrogens with zero attached hydrogens (tertiary/aromatic N) is 1. The van der Waals surface area contributed by atoms with Crippen LogP contribution in [0, 0.1) is 5.92 Å². The summed E-state index contributed by atoms with van der Waals surface area (Å²) in [5.41, 5.74) is 0. The van der Waals surface area contributed by atoms with Crippen molar-refractivity contribution in [3.63, 3.8) is 0 Å². The monoisotopic (exact) mass is 256 g/mol. The van der Waals surface area contributed by atoms with Gasteiger partial charge in [0.05, 0.1) is 6.10 Å². The molecule has 0 aromatic heterocycles. The number of hydrogen-bond donors (Lipinski definition) is 3. The van der Waals surface area contributed by atoms with Crippen LogP contribution in [0.3, 0.4) is 0 Å². The summed E-state index contributed by atoms with van der Waals surface area (Å²) in [7, 11) is 0. The lowest BCUT2D eigenvalue weighted by Gasteiger charge is -2.33. The SMILES string of the molecule is CC(NC(=O)N1C[C@@H](O)C[C@H]1C(=O)O)C1CCC1. The fraction of sp³-hybridized carbons (Fsp3) is 0.833. The van der Waals surface area contributed by atoms with E-state index in [-0.39, 0.29) is 25.0 Å². The molecule has 2 rings (SSSR count). The first-order chi connectivity index (χ1) is 8.49. The van der Waals surface area contributed by atoms with E-state index in [0.717, 1.165) is 12.8 Å². The van der Waals surface area contributed by atoms with Gasteiger partial charge in [-0.15, -0.1) is 0 Å². The van der Waals surface area contributed by atoms with Crippen LogP contribution >= 0.6 is 0 Å². The average molecular weight is 256 g/mol. The molecule has 6 heteroatoms. The maximum absolute atomic E-state index is 12.0. The lowest BCUT2D eigenvalue weighted by atomic mass is 9.80. The molecule has 1 unspecified atom stereocenters. The number of rotatable bonds is 3. The highest BCUT2D eigenvalue weighted by atomic mass is 16.4. The molecule has 6 nitrogen and oxygen atoms in total. The van der Waals surface area contributed by atoms with Crippen molar-refractivity contribution in [2.75, 3.05) is 6.54 Å². The van der Waals surface area contributed by atoms with Crippen molar-refractivity contribution >= 4 is 12.0 Å². The van der Waals surface area contributed by atoms with Gasteiger partial charge in [0.1, 0.15) is 6.04 Å². The first-order valence-corrected chi connectivity index (χ1v) is 6.47. The number of aliphatic carboxylic acids is 1. The fourth-order valence-electron chi connectivity index (χ4n) is 2.61. The molecule has 1 saturated carbocycles. The van der Waals surface area contributed by atoms with Crippen molar-refractivity contribution < 1.29 is 19.8 Å². The molecule has 3 N–H and O–H groups in total. The van der Waals surface area contributed by atoms with E-state index >= 15 is 0 Å². The van der Waals surface area contributed by atoms with Crippen LogP contribution in [0.1, 0.15) is 32.6 Å². The number of likely N-dealkylation sites (tertiary alicyclic amines) is 1. The molecule has 2 amide bonds. The van der Waals surface area contributed by atoms with E-state index in [1.165, 1.54) is 11.3 Å². The Morgan fingerprint density at radius 1 is 1.39 bits per heavy atom. The Bertz CT molecular complexity index is 343. The highest BCUT2D eigenvalue weighted by Gasteiger charge is 2.39. The van der Waals surface area contributed by atoms with Crippen LogP contribution in [-0.4, -0.2) is 51.8 Å². The molecule has 1 aliphatic heterocycles. The number of hydrogen-bond acceptors (Lipinski definition) is 3. The van der Waals surface area contributed by atoms with Crippen LogP contribution in [0.4, 0.5) is 4.79 Å². The van der Waals surface area contributed by atoms with Gasteiger partial charge in [-0.1, -0.05) is 6.42 Å². The van der Waals surface area contributed by atoms with Crippen molar-refractivity contribution in [2.45, 2.75) is 50.8 Å². The number of nitrogens with one attached hydrogen (secondary N) is 1. The van der Waals surface area contributed by atoms with Crippen LogP contribution in [-0.2, 0) is 4.79 Å². The van der Waals surface area contributed by atoms with Crippen molar-refractivity contribution in [1.29, 1.82) is 0 Å². The minimum atomic E-state index is -1.06. The van der Waals surface area contributed by atoms with Gasteiger partial charge in [0.25, 0.3) is 0 Å². The molecule has 18 heavy (non-hydrogen) atoms. The van der Waals surface area contributed by atoms with E-state index in [1.807, 2.05) is 6.92 Å². The van der Waals surface area contributed by atoms with E-state index < -0.39 is 18.1 Å². The minimum Gasteiger partial charge on any atom is -0.480 e. The normalized spacial score (nSPS) is 29.8. The third-order valence-corrected chi connectivity index (χ3v) is 4.03. The van der Waals surface area contributed by atoms with Gasteiger partial charge in [-0.05, 0) is 25.7 Å². The second-order valence-corrected chi connectivity index (χ2v) is 5.33. The number of amides is 2. The molecular formula is C12H20N2O4. The van der Waals surface area contributed by atoms with Gasteiger partial charge in [-0.3, -0.25) is 0 Å². The highest BCUT2D eigenvalue weighted by molar-refractivity contribution is 5.83. The summed E-state index contributed by atoms with van der Waals surface area (Å²) in [5.74, 6) is -0.553. The lowest BCUT2D eigenvalue weighted by Crippen LogP contribution is -2.51. The smallest absolute Gasteiger partial charge is 0.326 e. The Balaban J connectivity index is 1.92. The zero-order chi connectivity index (χ0) is 13.3. The van der Waals surface area contributed by atoms with E-state index in [0.29, 0.717) is 5.92 Å². The molecule has 1 saturated heterocycles. The average Bonchev–Trinajstić information content (AvgIpc) is 2.57. The maximum atomic E-state index is 12.0. The Morgan fingerprint density at radius 3 is 2.56 bits per heavy atom. The Hall–Kier alpha value is -1.30. The second-order valence-electron chi connectivity index (χ2n) is 5.33. The summed E-state index contributed by atoms with van der Waals surface area (Å²) in [4.78, 5) is 24.2. The third-order valence-electron chi connectivity index (χ3n) is 4.03. The minimum absolute atomic E-state index is 0.0680. The molecule has 2 fully saturated rings. The zero-order valence-electron chi connectivity index (χ0n) is 10.5. The fourth-order valence-corrected chi connectivity index (χ4v) is 2.61. The summed E-state index contributed by atoms with van der Waals surface area (Å²) in [6, 6.07) is -1.22. The highest BCUT2D eigenvalue weighted by Crippen LogP contribution is 2.29. The van der Waals surface area contributed by atoms with Crippen LogP contribution in [0.5, 0.6) is 0 Å². The number of β-amino-alcohol motifs (C(OH)–C–C–N with tert-alkyl or cyclic N) is 1. The number of carbonyl (C=O) groups excluding carboxylic acids is 1.